The van der Waals surface area contributed by atoms with Gasteiger partial charge in [0, 0.05) is 37.0 Å². The number of aromatic nitrogens is 2. The third kappa shape index (κ3) is 3.70. The van der Waals surface area contributed by atoms with Gasteiger partial charge in [-0.3, -0.25) is 9.78 Å². The average Bonchev–Trinajstić information content (AvgIpc) is 3.19. The van der Waals surface area contributed by atoms with E-state index in [1.165, 1.54) is 13.2 Å². The second kappa shape index (κ2) is 8.59. The lowest BCUT2D eigenvalue weighted by Gasteiger charge is -2.22. The summed E-state index contributed by atoms with van der Waals surface area (Å²) in [6.45, 7) is 0.732. The first kappa shape index (κ1) is 21.0. The number of amides is 1. The molecule has 1 aromatic carbocycles. The maximum absolute atomic E-state index is 14.4. The number of anilines is 2. The van der Waals surface area contributed by atoms with Crippen molar-refractivity contribution in [3.05, 3.63) is 65.9 Å². The van der Waals surface area contributed by atoms with E-state index < -0.39 is 5.82 Å². The highest BCUT2D eigenvalue weighted by molar-refractivity contribution is 6.07. The van der Waals surface area contributed by atoms with Crippen LogP contribution in [0, 0.1) is 5.82 Å². The Labute approximate surface area is 189 Å². The summed E-state index contributed by atoms with van der Waals surface area (Å²) in [6.07, 6.45) is 6.93. The molecule has 0 aliphatic carbocycles. The Bertz CT molecular complexity index is 1240. The van der Waals surface area contributed by atoms with Crippen LogP contribution in [0.4, 0.5) is 15.8 Å². The van der Waals surface area contributed by atoms with Crippen LogP contribution in [0.1, 0.15) is 22.0 Å². The maximum Gasteiger partial charge on any atom is 0.255 e. The smallest absolute Gasteiger partial charge is 0.255 e. The number of hydrogen-bond donors (Lipinski definition) is 3. The molecule has 1 amide bonds. The summed E-state index contributed by atoms with van der Waals surface area (Å²) in [7, 11) is 3.02. The van der Waals surface area contributed by atoms with Gasteiger partial charge in [0.2, 0.25) is 0 Å². The minimum absolute atomic E-state index is 0.0568. The van der Waals surface area contributed by atoms with Gasteiger partial charge in [0.05, 0.1) is 35.9 Å². The zero-order valence-electron chi connectivity index (χ0n) is 18.1. The SMILES string of the molecule is COc1c(F)cccc1Nc1c2[nH]c3c1C(=O)NC[C@@H]3/C=C\[C@@H](OC)COc1cnccc1-2. The van der Waals surface area contributed by atoms with Crippen molar-refractivity contribution in [2.45, 2.75) is 12.0 Å². The minimum Gasteiger partial charge on any atom is -0.492 e. The van der Waals surface area contributed by atoms with Crippen molar-refractivity contribution >= 4 is 17.3 Å². The van der Waals surface area contributed by atoms with Crippen molar-refractivity contribution in [3.8, 4) is 22.8 Å². The molecule has 3 N–H and O–H groups in total. The Balaban J connectivity index is 1.74. The van der Waals surface area contributed by atoms with Crippen molar-refractivity contribution in [1.29, 1.82) is 0 Å². The summed E-state index contributed by atoms with van der Waals surface area (Å²) in [4.78, 5) is 20.7. The first-order chi connectivity index (χ1) is 16.1. The van der Waals surface area contributed by atoms with Crippen molar-refractivity contribution in [2.75, 3.05) is 32.7 Å². The molecule has 8 nitrogen and oxygen atoms in total. The number of carbonyl (C=O) groups is 1. The van der Waals surface area contributed by atoms with E-state index in [4.69, 9.17) is 14.2 Å². The number of nitrogens with one attached hydrogen (secondary N) is 3. The molecule has 2 aliphatic rings. The number of ether oxygens (including phenoxy) is 3. The molecule has 0 saturated heterocycles. The number of methoxy groups -OCH3 is 2. The molecule has 0 spiro atoms. The van der Waals surface area contributed by atoms with E-state index in [1.54, 1.807) is 37.7 Å². The van der Waals surface area contributed by atoms with Crippen LogP contribution in [0.3, 0.4) is 0 Å². The van der Waals surface area contributed by atoms with Gasteiger partial charge >= 0.3 is 0 Å². The van der Waals surface area contributed by atoms with Gasteiger partial charge in [-0.25, -0.2) is 4.39 Å². The number of para-hydroxylation sites is 1. The lowest BCUT2D eigenvalue weighted by molar-refractivity contribution is 0.0912. The monoisotopic (exact) mass is 450 g/mol. The number of carbonyl (C=O) groups excluding carboxylic acids is 1. The predicted molar refractivity (Wildman–Crippen MR) is 121 cm³/mol. The van der Waals surface area contributed by atoms with Crippen LogP contribution < -0.4 is 20.1 Å². The fourth-order valence-corrected chi connectivity index (χ4v) is 4.20. The molecule has 4 heterocycles. The Morgan fingerprint density at radius 3 is 2.94 bits per heavy atom. The summed E-state index contributed by atoms with van der Waals surface area (Å²) in [6, 6.07) is 6.40. The number of fused-ring (bicyclic) bond motifs is 3. The quantitative estimate of drug-likeness (QED) is 0.524. The first-order valence-electron chi connectivity index (χ1n) is 10.5. The highest BCUT2D eigenvalue weighted by Gasteiger charge is 2.33. The van der Waals surface area contributed by atoms with Crippen LogP contribution in [-0.4, -0.2) is 49.4 Å². The lowest BCUT2D eigenvalue weighted by Crippen LogP contribution is -2.34. The van der Waals surface area contributed by atoms with Crippen molar-refractivity contribution in [2.24, 2.45) is 0 Å². The van der Waals surface area contributed by atoms with Crippen molar-refractivity contribution in [3.63, 3.8) is 0 Å². The molecule has 2 bridgehead atoms. The maximum atomic E-state index is 14.4. The van der Waals surface area contributed by atoms with E-state index in [1.807, 2.05) is 12.2 Å². The fourth-order valence-electron chi connectivity index (χ4n) is 4.20. The van der Waals surface area contributed by atoms with Gasteiger partial charge in [-0.15, -0.1) is 0 Å². The van der Waals surface area contributed by atoms with Crippen LogP contribution in [-0.2, 0) is 4.74 Å². The van der Waals surface area contributed by atoms with Gasteiger partial charge in [-0.1, -0.05) is 18.2 Å². The molecule has 0 saturated carbocycles. The van der Waals surface area contributed by atoms with Crippen LogP contribution >= 0.6 is 0 Å². The number of hydrogen-bond acceptors (Lipinski definition) is 6. The van der Waals surface area contributed by atoms with E-state index in [0.29, 0.717) is 47.1 Å². The number of benzene rings is 1. The Morgan fingerprint density at radius 1 is 1.24 bits per heavy atom. The van der Waals surface area contributed by atoms with Crippen LogP contribution in [0.15, 0.2) is 48.8 Å². The molecule has 0 fully saturated rings. The zero-order chi connectivity index (χ0) is 22.9. The molecule has 0 unspecified atom stereocenters. The largest absolute Gasteiger partial charge is 0.492 e. The molecule has 2 aliphatic heterocycles. The van der Waals surface area contributed by atoms with E-state index >= 15 is 0 Å². The van der Waals surface area contributed by atoms with E-state index in [-0.39, 0.29) is 23.7 Å². The minimum atomic E-state index is -0.508. The Kier molecular flexibility index (Phi) is 5.47. The molecule has 2 atom stereocenters. The van der Waals surface area contributed by atoms with Crippen LogP contribution in [0.5, 0.6) is 11.5 Å². The number of pyridine rings is 1. The average molecular weight is 450 g/mol. The number of nitrogens with zero attached hydrogens (tertiary/aromatic N) is 1. The topological polar surface area (TPSA) is 97.5 Å². The molecule has 2 aromatic heterocycles. The normalized spacial score (nSPS) is 20.0. The van der Waals surface area contributed by atoms with Gasteiger partial charge in [-0.2, -0.15) is 0 Å². The standard InChI is InChI=1S/C24H23FN4O4/c1-31-14-7-6-13-10-27-24(30)19-20(13)29-21(15-8-9-26-11-18(15)33-12-14)22(19)28-17-5-3-4-16(25)23(17)32-2/h3-9,11,13-14,28-29H,10,12H2,1-2H3,(H,27,30)/b7-6-/t13-,14+/m0/s1. The number of H-pyrrole nitrogens is 1. The van der Waals surface area contributed by atoms with Gasteiger partial charge in [0.1, 0.15) is 18.5 Å². The third-order valence-corrected chi connectivity index (χ3v) is 5.86. The van der Waals surface area contributed by atoms with E-state index in [0.717, 1.165) is 5.69 Å². The second-order valence-corrected chi connectivity index (χ2v) is 7.77. The summed E-state index contributed by atoms with van der Waals surface area (Å²) < 4.78 is 31.2. The highest BCUT2D eigenvalue weighted by atomic mass is 19.1. The first-order valence-corrected chi connectivity index (χ1v) is 10.5. The van der Waals surface area contributed by atoms with Gasteiger partial charge in [-0.05, 0) is 18.2 Å². The second-order valence-electron chi connectivity index (χ2n) is 7.77. The summed E-state index contributed by atoms with van der Waals surface area (Å²) in [5, 5.41) is 6.19. The number of rotatable bonds is 4. The number of aromatic amines is 1. The van der Waals surface area contributed by atoms with Crippen LogP contribution in [0.2, 0.25) is 0 Å². The lowest BCUT2D eigenvalue weighted by atomic mass is 9.95. The molecule has 0 radical (unpaired) electrons. The summed E-state index contributed by atoms with van der Waals surface area (Å²) >= 11 is 0. The van der Waals surface area contributed by atoms with E-state index in [2.05, 4.69) is 20.6 Å². The molecule has 9 heteroatoms. The predicted octanol–water partition coefficient (Wildman–Crippen LogP) is 3.76. The van der Waals surface area contributed by atoms with Gasteiger partial charge in [0.25, 0.3) is 5.91 Å². The Hall–Kier alpha value is -3.85. The molecular formula is C24H23FN4O4. The Morgan fingerprint density at radius 2 is 2.12 bits per heavy atom. The molecular weight excluding hydrogens is 427 g/mol. The van der Waals surface area contributed by atoms with Gasteiger partial charge in [0.15, 0.2) is 11.6 Å². The highest BCUT2D eigenvalue weighted by Crippen LogP contribution is 2.44. The van der Waals surface area contributed by atoms with E-state index in [9.17, 15) is 9.18 Å². The molecule has 5 rings (SSSR count). The van der Waals surface area contributed by atoms with Gasteiger partial charge < -0.3 is 29.8 Å². The van der Waals surface area contributed by atoms with Crippen molar-refractivity contribution < 1.29 is 23.4 Å². The third-order valence-electron chi connectivity index (χ3n) is 5.86. The molecule has 170 valence electrons. The molecule has 3 aromatic rings. The summed E-state index contributed by atoms with van der Waals surface area (Å²) in [5.41, 5.74) is 3.45. The van der Waals surface area contributed by atoms with Crippen LogP contribution in [0.25, 0.3) is 11.3 Å². The number of halogens is 1. The zero-order valence-corrected chi connectivity index (χ0v) is 18.1. The summed E-state index contributed by atoms with van der Waals surface area (Å²) in [5.74, 6) is -0.262. The van der Waals surface area contributed by atoms with Crippen molar-refractivity contribution in [1.82, 2.24) is 15.3 Å². The molecule has 33 heavy (non-hydrogen) atoms. The fraction of sp³-hybridized carbons (Fsp3) is 0.250.